The van der Waals surface area contributed by atoms with Crippen LogP contribution in [0.15, 0.2) is 39.5 Å². The first-order chi connectivity index (χ1) is 7.49. The van der Waals surface area contributed by atoms with Gasteiger partial charge in [0.2, 0.25) is 0 Å². The van der Waals surface area contributed by atoms with Gasteiger partial charge in [0.15, 0.2) is 0 Å². The molecular weight excluding hydrogens is 285 g/mol. The van der Waals surface area contributed by atoms with Crippen molar-refractivity contribution in [3.8, 4) is 0 Å². The second kappa shape index (κ2) is 3.69. The van der Waals surface area contributed by atoms with E-state index in [4.69, 9.17) is 0 Å². The van der Waals surface area contributed by atoms with E-state index in [1.54, 1.807) is 23.2 Å². The van der Waals surface area contributed by atoms with Crippen LogP contribution in [-0.4, -0.2) is 6.18 Å². The lowest BCUT2D eigenvalue weighted by Crippen LogP contribution is -2.29. The standard InChI is InChI=1S/C10H6BrF3N2/c11-6-5-7-1-3-8(4-2-7)9(15-16-9)10(12,13)14/h1-6H/b6-5-. The molecule has 0 aliphatic carbocycles. The fourth-order valence-electron chi connectivity index (χ4n) is 1.34. The van der Waals surface area contributed by atoms with Crippen LogP contribution < -0.4 is 0 Å². The van der Waals surface area contributed by atoms with Gasteiger partial charge in [0, 0.05) is 5.56 Å². The summed E-state index contributed by atoms with van der Waals surface area (Å²) in [7, 11) is 0. The molecule has 0 atom stereocenters. The Morgan fingerprint density at radius 3 is 2.06 bits per heavy atom. The number of hydrogen-bond acceptors (Lipinski definition) is 2. The summed E-state index contributed by atoms with van der Waals surface area (Å²) in [4.78, 5) is 1.63. The predicted molar refractivity (Wildman–Crippen MR) is 57.0 cm³/mol. The number of nitrogens with zero attached hydrogens (tertiary/aromatic N) is 2. The van der Waals surface area contributed by atoms with Crippen molar-refractivity contribution in [1.29, 1.82) is 0 Å². The molecule has 1 aliphatic heterocycles. The fourth-order valence-corrected chi connectivity index (χ4v) is 1.65. The van der Waals surface area contributed by atoms with E-state index in [1.807, 2.05) is 0 Å². The normalized spacial score (nSPS) is 18.0. The highest BCUT2D eigenvalue weighted by molar-refractivity contribution is 9.11. The average molecular weight is 291 g/mol. The molecule has 0 bridgehead atoms. The summed E-state index contributed by atoms with van der Waals surface area (Å²) in [5.74, 6) is 0. The third-order valence-corrected chi connectivity index (χ3v) is 2.53. The molecule has 84 valence electrons. The van der Waals surface area contributed by atoms with Crippen LogP contribution in [0.3, 0.4) is 0 Å². The smallest absolute Gasteiger partial charge is 0.166 e. The Morgan fingerprint density at radius 2 is 1.69 bits per heavy atom. The maximum Gasteiger partial charge on any atom is 0.442 e. The van der Waals surface area contributed by atoms with Crippen LogP contribution >= 0.6 is 15.9 Å². The van der Waals surface area contributed by atoms with E-state index in [1.165, 1.54) is 12.1 Å². The zero-order valence-electron chi connectivity index (χ0n) is 7.87. The fraction of sp³-hybridized carbons (Fsp3) is 0.200. The largest absolute Gasteiger partial charge is 0.442 e. The summed E-state index contributed by atoms with van der Waals surface area (Å²) in [6.07, 6.45) is -2.73. The summed E-state index contributed by atoms with van der Waals surface area (Å²) >= 11 is 3.09. The molecule has 1 aliphatic rings. The second-order valence-corrected chi connectivity index (χ2v) is 3.81. The van der Waals surface area contributed by atoms with Crippen molar-refractivity contribution in [2.24, 2.45) is 10.2 Å². The molecule has 16 heavy (non-hydrogen) atoms. The van der Waals surface area contributed by atoms with Gasteiger partial charge in [-0.25, -0.2) is 0 Å². The van der Waals surface area contributed by atoms with Crippen molar-refractivity contribution in [2.45, 2.75) is 11.8 Å². The Bertz CT molecular complexity index is 442. The molecule has 1 heterocycles. The molecule has 0 saturated carbocycles. The van der Waals surface area contributed by atoms with Gasteiger partial charge >= 0.3 is 11.8 Å². The van der Waals surface area contributed by atoms with Gasteiger partial charge in [0.1, 0.15) is 0 Å². The maximum atomic E-state index is 12.6. The number of alkyl halides is 3. The van der Waals surface area contributed by atoms with Gasteiger partial charge < -0.3 is 0 Å². The van der Waals surface area contributed by atoms with Gasteiger partial charge in [-0.05, 0) is 16.6 Å². The lowest BCUT2D eigenvalue weighted by Gasteiger charge is -2.14. The molecular formula is C10H6BrF3N2. The molecule has 2 nitrogen and oxygen atoms in total. The van der Waals surface area contributed by atoms with E-state index in [-0.39, 0.29) is 5.56 Å². The minimum Gasteiger partial charge on any atom is -0.166 e. The van der Waals surface area contributed by atoms with Gasteiger partial charge in [-0.3, -0.25) is 0 Å². The zero-order valence-corrected chi connectivity index (χ0v) is 9.46. The molecule has 0 radical (unpaired) electrons. The summed E-state index contributed by atoms with van der Waals surface area (Å²) in [6.45, 7) is 0. The number of halogens is 4. The molecule has 0 amide bonds. The second-order valence-electron chi connectivity index (χ2n) is 3.28. The van der Waals surface area contributed by atoms with Crippen molar-refractivity contribution in [1.82, 2.24) is 0 Å². The summed E-state index contributed by atoms with van der Waals surface area (Å²) < 4.78 is 37.9. The lowest BCUT2D eigenvalue weighted by atomic mass is 10.0. The zero-order chi connectivity index (χ0) is 11.8. The third-order valence-electron chi connectivity index (χ3n) is 2.26. The SMILES string of the molecule is FC(F)(F)C1(c2ccc(/C=C\Br)cc2)N=N1. The van der Waals surface area contributed by atoms with Crippen LogP contribution in [-0.2, 0) is 5.66 Å². The number of rotatable bonds is 2. The van der Waals surface area contributed by atoms with Crippen LogP contribution in [0.25, 0.3) is 6.08 Å². The summed E-state index contributed by atoms with van der Waals surface area (Å²) in [5, 5.41) is 6.25. The highest BCUT2D eigenvalue weighted by atomic mass is 79.9. The molecule has 0 unspecified atom stereocenters. The quantitative estimate of drug-likeness (QED) is 0.779. The monoisotopic (exact) mass is 290 g/mol. The van der Waals surface area contributed by atoms with Crippen LogP contribution in [0, 0.1) is 0 Å². The topological polar surface area (TPSA) is 24.7 Å². The van der Waals surface area contributed by atoms with Crippen molar-refractivity contribution in [3.05, 3.63) is 40.4 Å². The summed E-state index contributed by atoms with van der Waals surface area (Å²) in [6, 6.07) is 5.94. The molecule has 6 heteroatoms. The van der Waals surface area contributed by atoms with Gasteiger partial charge in [0.05, 0.1) is 0 Å². The van der Waals surface area contributed by atoms with Gasteiger partial charge in [-0.15, -0.1) is 10.2 Å². The molecule has 0 saturated heterocycles. The van der Waals surface area contributed by atoms with Gasteiger partial charge in [-0.2, -0.15) is 13.2 Å². The van der Waals surface area contributed by atoms with Gasteiger partial charge in [0.25, 0.3) is 0 Å². The number of hydrogen-bond donors (Lipinski definition) is 0. The van der Waals surface area contributed by atoms with Crippen LogP contribution in [0.1, 0.15) is 11.1 Å². The molecule has 2 rings (SSSR count). The van der Waals surface area contributed by atoms with Crippen molar-refractivity contribution >= 4 is 22.0 Å². The highest BCUT2D eigenvalue weighted by Crippen LogP contribution is 2.52. The minimum atomic E-state index is -4.46. The summed E-state index contributed by atoms with van der Waals surface area (Å²) in [5.41, 5.74) is -1.46. The first-order valence-electron chi connectivity index (χ1n) is 4.38. The Balaban J connectivity index is 2.29. The van der Waals surface area contributed by atoms with E-state index < -0.39 is 11.8 Å². The maximum absolute atomic E-state index is 12.6. The van der Waals surface area contributed by atoms with Crippen LogP contribution in [0.2, 0.25) is 0 Å². The van der Waals surface area contributed by atoms with Crippen molar-refractivity contribution in [3.63, 3.8) is 0 Å². The van der Waals surface area contributed by atoms with E-state index >= 15 is 0 Å². The third kappa shape index (κ3) is 1.77. The Kier molecular flexibility index (Phi) is 2.61. The molecule has 0 fully saturated rings. The number of benzene rings is 1. The van der Waals surface area contributed by atoms with E-state index in [9.17, 15) is 13.2 Å². The van der Waals surface area contributed by atoms with Crippen molar-refractivity contribution < 1.29 is 13.2 Å². The van der Waals surface area contributed by atoms with E-state index in [0.717, 1.165) is 5.56 Å². The minimum absolute atomic E-state index is 0.0479. The molecule has 1 aromatic rings. The molecule has 1 aromatic carbocycles. The van der Waals surface area contributed by atoms with Crippen LogP contribution in [0.4, 0.5) is 13.2 Å². The van der Waals surface area contributed by atoms with Crippen molar-refractivity contribution in [2.75, 3.05) is 0 Å². The Labute approximate surface area is 98.0 Å². The van der Waals surface area contributed by atoms with E-state index in [2.05, 4.69) is 26.2 Å². The first-order valence-corrected chi connectivity index (χ1v) is 5.29. The average Bonchev–Trinajstić information content (AvgIpc) is 2.99. The Morgan fingerprint density at radius 1 is 1.12 bits per heavy atom. The predicted octanol–water partition coefficient (Wildman–Crippen LogP) is 4.23. The first kappa shape index (κ1) is 11.3. The van der Waals surface area contributed by atoms with Crippen LogP contribution in [0.5, 0.6) is 0 Å². The Hall–Kier alpha value is -1.17. The van der Waals surface area contributed by atoms with E-state index in [0.29, 0.717) is 0 Å². The highest BCUT2D eigenvalue weighted by Gasteiger charge is 2.65. The lowest BCUT2D eigenvalue weighted by molar-refractivity contribution is -0.166. The molecule has 0 N–H and O–H groups in total. The molecule has 0 spiro atoms. The molecule has 0 aromatic heterocycles. The van der Waals surface area contributed by atoms with Gasteiger partial charge in [-0.1, -0.05) is 40.2 Å².